The smallest absolute Gasteiger partial charge is 0.408 e. The van der Waals surface area contributed by atoms with Gasteiger partial charge in [-0.1, -0.05) is 42.5 Å². The number of aryl methyl sites for hydroxylation is 1. The number of oxazole rings is 1. The molecule has 130 valence electrons. The Morgan fingerprint density at radius 2 is 1.76 bits per heavy atom. The molecule has 3 aromatic rings. The van der Waals surface area contributed by atoms with Gasteiger partial charge < -0.3 is 9.32 Å². The summed E-state index contributed by atoms with van der Waals surface area (Å²) in [6.07, 6.45) is 0.258. The van der Waals surface area contributed by atoms with Crippen LogP contribution in [0.15, 0.2) is 63.8 Å². The Labute approximate surface area is 146 Å². The maximum atomic E-state index is 12.7. The second-order valence-corrected chi connectivity index (χ2v) is 6.34. The maximum Gasteiger partial charge on any atom is 0.419 e. The molecule has 3 rings (SSSR count). The van der Waals surface area contributed by atoms with Gasteiger partial charge in [0.2, 0.25) is 5.91 Å². The first-order chi connectivity index (χ1) is 12.1. The van der Waals surface area contributed by atoms with Gasteiger partial charge in [0.1, 0.15) is 0 Å². The average molecular weight is 338 g/mol. The lowest BCUT2D eigenvalue weighted by molar-refractivity contribution is -0.133. The Kier molecular flexibility index (Phi) is 5.03. The van der Waals surface area contributed by atoms with E-state index in [1.807, 2.05) is 67.3 Å². The first-order valence-corrected chi connectivity index (χ1v) is 8.48. The fraction of sp³-hybridized carbons (Fsp3) is 0.300. The highest BCUT2D eigenvalue weighted by atomic mass is 16.4. The van der Waals surface area contributed by atoms with Gasteiger partial charge in [-0.25, -0.2) is 4.79 Å². The van der Waals surface area contributed by atoms with E-state index in [4.69, 9.17) is 4.42 Å². The number of carbonyl (C=O) groups excluding carboxylic acids is 1. The highest BCUT2D eigenvalue weighted by Gasteiger charge is 2.18. The third-order valence-corrected chi connectivity index (χ3v) is 4.26. The number of fused-ring (bicyclic) bond motifs is 1. The molecule has 0 aliphatic rings. The lowest BCUT2D eigenvalue weighted by Gasteiger charge is -2.27. The van der Waals surface area contributed by atoms with Gasteiger partial charge in [-0.15, -0.1) is 0 Å². The summed E-state index contributed by atoms with van der Waals surface area (Å²) in [7, 11) is 0. The molecule has 0 atom stereocenters. The van der Waals surface area contributed by atoms with Crippen LogP contribution in [0.2, 0.25) is 0 Å². The average Bonchev–Trinajstić information content (AvgIpc) is 2.93. The number of benzene rings is 2. The van der Waals surface area contributed by atoms with Crippen LogP contribution in [-0.2, 0) is 17.9 Å². The van der Waals surface area contributed by atoms with Gasteiger partial charge in [0.05, 0.1) is 5.52 Å². The largest absolute Gasteiger partial charge is 0.419 e. The summed E-state index contributed by atoms with van der Waals surface area (Å²) in [5.41, 5.74) is 2.36. The monoisotopic (exact) mass is 338 g/mol. The number of amides is 1. The zero-order valence-corrected chi connectivity index (χ0v) is 14.5. The molecule has 1 aromatic heterocycles. The molecule has 0 N–H and O–H groups in total. The number of hydrogen-bond acceptors (Lipinski definition) is 3. The molecule has 0 aliphatic carbocycles. The molecule has 25 heavy (non-hydrogen) atoms. The molecule has 1 amide bonds. The van der Waals surface area contributed by atoms with Crippen LogP contribution < -0.4 is 5.76 Å². The van der Waals surface area contributed by atoms with E-state index in [2.05, 4.69) is 0 Å². The molecule has 1 heterocycles. The van der Waals surface area contributed by atoms with Crippen LogP contribution >= 0.6 is 0 Å². The quantitative estimate of drug-likeness (QED) is 0.692. The second-order valence-electron chi connectivity index (χ2n) is 6.34. The van der Waals surface area contributed by atoms with Crippen LogP contribution in [0.5, 0.6) is 0 Å². The number of nitrogens with zero attached hydrogens (tertiary/aromatic N) is 2. The summed E-state index contributed by atoms with van der Waals surface area (Å²) >= 11 is 0. The zero-order chi connectivity index (χ0) is 17.8. The Morgan fingerprint density at radius 3 is 2.48 bits per heavy atom. The van der Waals surface area contributed by atoms with Crippen molar-refractivity contribution in [2.45, 2.75) is 39.4 Å². The van der Waals surface area contributed by atoms with E-state index in [0.29, 0.717) is 18.7 Å². The molecule has 5 heteroatoms. The van der Waals surface area contributed by atoms with Crippen LogP contribution in [0.4, 0.5) is 0 Å². The van der Waals surface area contributed by atoms with Gasteiger partial charge in [0.15, 0.2) is 5.58 Å². The molecule has 2 aromatic carbocycles. The van der Waals surface area contributed by atoms with Crippen LogP contribution in [0, 0.1) is 0 Å². The van der Waals surface area contributed by atoms with Crippen molar-refractivity contribution in [2.24, 2.45) is 0 Å². The SMILES string of the molecule is CC(C)N(Cc1ccccc1)C(=O)CCn1c(=O)oc2ccccc21. The number of rotatable bonds is 6. The summed E-state index contributed by atoms with van der Waals surface area (Å²) in [4.78, 5) is 26.6. The van der Waals surface area contributed by atoms with Gasteiger partial charge in [-0.05, 0) is 31.5 Å². The van der Waals surface area contributed by atoms with Gasteiger partial charge in [-0.3, -0.25) is 9.36 Å². The molecule has 0 bridgehead atoms. The third-order valence-electron chi connectivity index (χ3n) is 4.26. The molecule has 0 saturated carbocycles. The van der Waals surface area contributed by atoms with E-state index < -0.39 is 5.76 Å². The van der Waals surface area contributed by atoms with Crippen molar-refractivity contribution < 1.29 is 9.21 Å². The van der Waals surface area contributed by atoms with Crippen molar-refractivity contribution in [3.8, 4) is 0 Å². The highest BCUT2D eigenvalue weighted by molar-refractivity contribution is 5.77. The Bertz CT molecular complexity index is 909. The molecule has 5 nitrogen and oxygen atoms in total. The van der Waals surface area contributed by atoms with Gasteiger partial charge in [0.25, 0.3) is 0 Å². The predicted molar refractivity (Wildman–Crippen MR) is 97.2 cm³/mol. The van der Waals surface area contributed by atoms with Crippen molar-refractivity contribution in [3.63, 3.8) is 0 Å². The standard InChI is InChI=1S/C20H22N2O3/c1-15(2)22(14-16-8-4-3-5-9-16)19(23)12-13-21-17-10-6-7-11-18(17)25-20(21)24/h3-11,15H,12-14H2,1-2H3. The van der Waals surface area contributed by atoms with E-state index >= 15 is 0 Å². The molecule has 0 radical (unpaired) electrons. The Morgan fingerprint density at radius 1 is 1.08 bits per heavy atom. The maximum absolute atomic E-state index is 12.7. The van der Waals surface area contributed by atoms with E-state index in [9.17, 15) is 9.59 Å². The van der Waals surface area contributed by atoms with Gasteiger partial charge in [0, 0.05) is 25.6 Å². The van der Waals surface area contributed by atoms with Crippen LogP contribution in [0.3, 0.4) is 0 Å². The predicted octanol–water partition coefficient (Wildman–Crippen LogP) is 3.42. The molecular formula is C20H22N2O3. The minimum Gasteiger partial charge on any atom is -0.408 e. The molecule has 0 spiro atoms. The van der Waals surface area contributed by atoms with E-state index in [1.165, 1.54) is 4.57 Å². The second kappa shape index (κ2) is 7.38. The summed E-state index contributed by atoms with van der Waals surface area (Å²) in [6.45, 7) is 4.88. The number of aromatic nitrogens is 1. The summed E-state index contributed by atoms with van der Waals surface area (Å²) in [6, 6.07) is 17.3. The number of hydrogen-bond donors (Lipinski definition) is 0. The number of carbonyl (C=O) groups is 1. The first kappa shape index (κ1) is 17.0. The lowest BCUT2D eigenvalue weighted by Crippen LogP contribution is -2.37. The Balaban J connectivity index is 1.73. The normalized spacial score (nSPS) is 11.2. The van der Waals surface area contributed by atoms with Crippen molar-refractivity contribution in [1.82, 2.24) is 9.47 Å². The van der Waals surface area contributed by atoms with Crippen LogP contribution in [0.1, 0.15) is 25.8 Å². The van der Waals surface area contributed by atoms with Crippen LogP contribution in [-0.4, -0.2) is 21.4 Å². The molecule has 0 aliphatic heterocycles. The number of para-hydroxylation sites is 2. The summed E-state index contributed by atoms with van der Waals surface area (Å²) in [5, 5.41) is 0. The highest BCUT2D eigenvalue weighted by Crippen LogP contribution is 2.14. The van der Waals surface area contributed by atoms with Gasteiger partial charge >= 0.3 is 5.76 Å². The zero-order valence-electron chi connectivity index (χ0n) is 14.5. The minimum absolute atomic E-state index is 0.0241. The molecule has 0 fully saturated rings. The van der Waals surface area contributed by atoms with E-state index in [1.54, 1.807) is 6.07 Å². The lowest BCUT2D eigenvalue weighted by atomic mass is 10.1. The van der Waals surface area contributed by atoms with E-state index in [0.717, 1.165) is 11.1 Å². The van der Waals surface area contributed by atoms with Crippen molar-refractivity contribution in [3.05, 3.63) is 70.7 Å². The van der Waals surface area contributed by atoms with Crippen molar-refractivity contribution in [2.75, 3.05) is 0 Å². The Hall–Kier alpha value is -2.82. The van der Waals surface area contributed by atoms with E-state index in [-0.39, 0.29) is 18.4 Å². The molecule has 0 saturated heterocycles. The topological polar surface area (TPSA) is 55.5 Å². The van der Waals surface area contributed by atoms with Crippen molar-refractivity contribution in [1.29, 1.82) is 0 Å². The van der Waals surface area contributed by atoms with Crippen molar-refractivity contribution >= 4 is 17.0 Å². The summed E-state index contributed by atoms with van der Waals surface area (Å²) < 4.78 is 6.74. The molecule has 0 unspecified atom stereocenters. The summed E-state index contributed by atoms with van der Waals surface area (Å²) in [5.74, 6) is -0.399. The molecular weight excluding hydrogens is 316 g/mol. The third kappa shape index (κ3) is 3.82. The van der Waals surface area contributed by atoms with Gasteiger partial charge in [-0.2, -0.15) is 0 Å². The first-order valence-electron chi connectivity index (χ1n) is 8.48. The fourth-order valence-corrected chi connectivity index (χ4v) is 2.92. The van der Waals surface area contributed by atoms with Crippen LogP contribution in [0.25, 0.3) is 11.1 Å². The minimum atomic E-state index is -0.423. The fourth-order valence-electron chi connectivity index (χ4n) is 2.92.